The van der Waals surface area contributed by atoms with Crippen molar-refractivity contribution in [3.8, 4) is 6.07 Å². The third kappa shape index (κ3) is 4.31. The quantitative estimate of drug-likeness (QED) is 0.675. The van der Waals surface area contributed by atoms with Crippen LogP contribution < -0.4 is 10.4 Å². The summed E-state index contributed by atoms with van der Waals surface area (Å²) in [5, 5.41) is 22.4. The summed E-state index contributed by atoms with van der Waals surface area (Å²) in [6.07, 6.45) is 2.42. The fourth-order valence-corrected chi connectivity index (χ4v) is 2.05. The second-order valence-corrected chi connectivity index (χ2v) is 5.08. The Balaban J connectivity index is 2.14. The number of carboxylic acid groups (broad SMARTS) is 1. The summed E-state index contributed by atoms with van der Waals surface area (Å²) in [6.45, 7) is 2.05. The number of carbonyl (C=O) groups excluding carboxylic acids is 2. The maximum Gasteiger partial charge on any atom is 0.266 e. The number of amides is 1. The highest BCUT2D eigenvalue weighted by atomic mass is 16.4. The number of hydrogen-bond acceptors (Lipinski definition) is 4. The van der Waals surface area contributed by atoms with E-state index in [2.05, 4.69) is 5.32 Å². The molecular weight excluding hydrogens is 304 g/mol. The van der Waals surface area contributed by atoms with Crippen LogP contribution in [0.1, 0.15) is 28.4 Å². The van der Waals surface area contributed by atoms with Crippen LogP contribution >= 0.6 is 0 Å². The molecule has 1 amide bonds. The summed E-state index contributed by atoms with van der Waals surface area (Å²) >= 11 is 0. The highest BCUT2D eigenvalue weighted by molar-refractivity contribution is 6.09. The van der Waals surface area contributed by atoms with E-state index in [0.717, 1.165) is 12.0 Å². The number of carbonyl (C=O) groups is 2. The van der Waals surface area contributed by atoms with Gasteiger partial charge in [0.25, 0.3) is 5.91 Å². The lowest BCUT2D eigenvalue weighted by Crippen LogP contribution is -2.22. The van der Waals surface area contributed by atoms with E-state index in [9.17, 15) is 20.0 Å². The molecule has 0 atom stereocenters. The van der Waals surface area contributed by atoms with Crippen LogP contribution in [-0.4, -0.2) is 11.9 Å². The Morgan fingerprint density at radius 3 is 2.25 bits per heavy atom. The number of aromatic carboxylic acids is 1. The van der Waals surface area contributed by atoms with Crippen molar-refractivity contribution >= 4 is 23.6 Å². The zero-order valence-electron chi connectivity index (χ0n) is 13.1. The van der Waals surface area contributed by atoms with Gasteiger partial charge in [0.2, 0.25) is 0 Å². The summed E-state index contributed by atoms with van der Waals surface area (Å²) in [4.78, 5) is 22.8. The van der Waals surface area contributed by atoms with Gasteiger partial charge in [-0.05, 0) is 41.3 Å². The molecule has 2 aromatic carbocycles. The fraction of sp³-hybridized carbons (Fsp3) is 0.105. The zero-order chi connectivity index (χ0) is 17.5. The Kier molecular flexibility index (Phi) is 5.48. The minimum absolute atomic E-state index is 0.0139. The van der Waals surface area contributed by atoms with Gasteiger partial charge >= 0.3 is 0 Å². The molecule has 0 spiro atoms. The third-order valence-corrected chi connectivity index (χ3v) is 3.44. The van der Waals surface area contributed by atoms with Crippen molar-refractivity contribution < 1.29 is 14.7 Å². The molecule has 24 heavy (non-hydrogen) atoms. The Hall–Kier alpha value is -3.39. The maximum atomic E-state index is 12.2. The predicted octanol–water partition coefficient (Wildman–Crippen LogP) is 2.16. The molecule has 0 aliphatic carbocycles. The van der Waals surface area contributed by atoms with Crippen LogP contribution in [0.3, 0.4) is 0 Å². The largest absolute Gasteiger partial charge is 0.545 e. The molecule has 0 saturated carbocycles. The fourth-order valence-electron chi connectivity index (χ4n) is 2.05. The molecule has 2 aromatic rings. The molecule has 5 nitrogen and oxygen atoms in total. The van der Waals surface area contributed by atoms with E-state index in [4.69, 9.17) is 0 Å². The minimum Gasteiger partial charge on any atom is -0.545 e. The van der Waals surface area contributed by atoms with Crippen molar-refractivity contribution in [2.75, 3.05) is 5.32 Å². The number of anilines is 1. The molecular formula is C19H15N2O3-. The van der Waals surface area contributed by atoms with Crippen molar-refractivity contribution in [2.24, 2.45) is 0 Å². The van der Waals surface area contributed by atoms with E-state index >= 15 is 0 Å². The molecule has 0 aromatic heterocycles. The lowest BCUT2D eigenvalue weighted by atomic mass is 10.1. The highest BCUT2D eigenvalue weighted by Gasteiger charge is 2.09. The Morgan fingerprint density at radius 2 is 1.75 bits per heavy atom. The number of hydrogen-bond donors (Lipinski definition) is 1. The Morgan fingerprint density at radius 1 is 1.12 bits per heavy atom. The normalized spacial score (nSPS) is 10.8. The minimum atomic E-state index is -1.29. The van der Waals surface area contributed by atoms with Gasteiger partial charge in [-0.25, -0.2) is 0 Å². The van der Waals surface area contributed by atoms with Crippen molar-refractivity contribution in [1.82, 2.24) is 0 Å². The van der Waals surface area contributed by atoms with E-state index in [-0.39, 0.29) is 11.1 Å². The Bertz CT molecular complexity index is 813. The van der Waals surface area contributed by atoms with E-state index in [0.29, 0.717) is 5.69 Å². The standard InChI is InChI=1S/C19H16N2O3/c1-2-13-3-5-14(6-4-13)11-16(12-20)18(22)21-17-9-7-15(8-10-17)19(23)24/h3-11H,2H2,1H3,(H,21,22)(H,23,24)/p-1/b16-11+. The lowest BCUT2D eigenvalue weighted by molar-refractivity contribution is -0.255. The van der Waals surface area contributed by atoms with Gasteiger partial charge in [0.1, 0.15) is 11.6 Å². The Labute approximate surface area is 139 Å². The topological polar surface area (TPSA) is 93.0 Å². The first kappa shape index (κ1) is 17.0. The molecule has 0 fully saturated rings. The molecule has 0 radical (unpaired) electrons. The number of nitriles is 1. The van der Waals surface area contributed by atoms with E-state index in [1.165, 1.54) is 35.9 Å². The van der Waals surface area contributed by atoms with Crippen LogP contribution in [0.5, 0.6) is 0 Å². The van der Waals surface area contributed by atoms with Gasteiger partial charge < -0.3 is 15.2 Å². The van der Waals surface area contributed by atoms with Crippen LogP contribution in [0.25, 0.3) is 6.08 Å². The van der Waals surface area contributed by atoms with E-state index in [1.54, 1.807) is 0 Å². The number of nitrogens with zero attached hydrogens (tertiary/aromatic N) is 1. The molecule has 0 saturated heterocycles. The van der Waals surface area contributed by atoms with Crippen LogP contribution in [0.2, 0.25) is 0 Å². The smallest absolute Gasteiger partial charge is 0.266 e. The molecule has 0 unspecified atom stereocenters. The molecule has 120 valence electrons. The maximum absolute atomic E-state index is 12.2. The van der Waals surface area contributed by atoms with Gasteiger partial charge in [-0.1, -0.05) is 43.3 Å². The average molecular weight is 319 g/mol. The van der Waals surface area contributed by atoms with Crippen molar-refractivity contribution in [3.63, 3.8) is 0 Å². The third-order valence-electron chi connectivity index (χ3n) is 3.44. The predicted molar refractivity (Wildman–Crippen MR) is 88.8 cm³/mol. The molecule has 0 bridgehead atoms. The summed E-state index contributed by atoms with van der Waals surface area (Å²) in [6, 6.07) is 15.0. The van der Waals surface area contributed by atoms with Crippen molar-refractivity contribution in [3.05, 3.63) is 70.8 Å². The van der Waals surface area contributed by atoms with E-state index in [1.807, 2.05) is 37.3 Å². The van der Waals surface area contributed by atoms with Crippen LogP contribution in [0.4, 0.5) is 5.69 Å². The van der Waals surface area contributed by atoms with Crippen LogP contribution in [0.15, 0.2) is 54.1 Å². The molecule has 0 aliphatic heterocycles. The van der Waals surface area contributed by atoms with Crippen LogP contribution in [-0.2, 0) is 11.2 Å². The second kappa shape index (κ2) is 7.75. The first-order valence-corrected chi connectivity index (χ1v) is 7.37. The second-order valence-electron chi connectivity index (χ2n) is 5.08. The molecule has 0 aliphatic rings. The highest BCUT2D eigenvalue weighted by Crippen LogP contribution is 2.13. The zero-order valence-corrected chi connectivity index (χ0v) is 13.1. The van der Waals surface area contributed by atoms with E-state index < -0.39 is 11.9 Å². The first-order valence-electron chi connectivity index (χ1n) is 7.37. The molecule has 1 N–H and O–H groups in total. The lowest BCUT2D eigenvalue weighted by Gasteiger charge is -2.06. The number of benzene rings is 2. The number of rotatable bonds is 5. The van der Waals surface area contributed by atoms with Gasteiger partial charge in [-0.3, -0.25) is 4.79 Å². The van der Waals surface area contributed by atoms with Gasteiger partial charge in [0.15, 0.2) is 0 Å². The molecule has 5 heteroatoms. The molecule has 0 heterocycles. The summed E-state index contributed by atoms with van der Waals surface area (Å²) in [7, 11) is 0. The summed E-state index contributed by atoms with van der Waals surface area (Å²) < 4.78 is 0. The van der Waals surface area contributed by atoms with Crippen molar-refractivity contribution in [2.45, 2.75) is 13.3 Å². The van der Waals surface area contributed by atoms with Crippen molar-refractivity contribution in [1.29, 1.82) is 5.26 Å². The van der Waals surface area contributed by atoms with Gasteiger partial charge in [-0.2, -0.15) is 5.26 Å². The van der Waals surface area contributed by atoms with Crippen LogP contribution in [0, 0.1) is 11.3 Å². The average Bonchev–Trinajstić information content (AvgIpc) is 2.60. The van der Waals surface area contributed by atoms with Gasteiger partial charge in [-0.15, -0.1) is 0 Å². The number of carboxylic acids is 1. The van der Waals surface area contributed by atoms with Gasteiger partial charge in [0.05, 0.1) is 5.97 Å². The number of nitrogens with one attached hydrogen (secondary N) is 1. The molecule has 2 rings (SSSR count). The summed E-state index contributed by atoms with van der Waals surface area (Å²) in [5.41, 5.74) is 2.30. The number of aryl methyl sites for hydroxylation is 1. The summed E-state index contributed by atoms with van der Waals surface area (Å²) in [5.74, 6) is -1.85. The van der Waals surface area contributed by atoms with Gasteiger partial charge in [0, 0.05) is 5.69 Å². The monoisotopic (exact) mass is 319 g/mol. The first-order chi connectivity index (χ1) is 11.5. The SMILES string of the molecule is CCc1ccc(/C=C(\C#N)C(=O)Nc2ccc(C(=O)[O-])cc2)cc1.